The van der Waals surface area contributed by atoms with Gasteiger partial charge in [0, 0.05) is 11.9 Å². The molecule has 0 bridgehead atoms. The van der Waals surface area contributed by atoms with Gasteiger partial charge in [0.05, 0.1) is 5.69 Å². The largest absolute Gasteiger partial charge is 0.483 e. The van der Waals surface area contributed by atoms with E-state index in [0.717, 1.165) is 5.56 Å². The van der Waals surface area contributed by atoms with Crippen LogP contribution in [0.5, 0.6) is 5.75 Å². The van der Waals surface area contributed by atoms with Crippen molar-refractivity contribution in [1.82, 2.24) is 4.98 Å². The van der Waals surface area contributed by atoms with E-state index in [9.17, 15) is 9.59 Å². The van der Waals surface area contributed by atoms with Crippen LogP contribution in [0, 0.1) is 13.8 Å². The highest BCUT2D eigenvalue weighted by atomic mass is 16.5. The summed E-state index contributed by atoms with van der Waals surface area (Å²) in [6.45, 7) is 3.32. The van der Waals surface area contributed by atoms with E-state index >= 15 is 0 Å². The third-order valence-electron chi connectivity index (χ3n) is 3.02. The molecule has 1 aromatic carbocycles. The Balaban J connectivity index is 2.00. The fraction of sp³-hybridized carbons (Fsp3) is 0.200. The van der Waals surface area contributed by atoms with Gasteiger partial charge in [-0.25, -0.2) is 4.79 Å². The molecule has 0 saturated carbocycles. The third-order valence-corrected chi connectivity index (χ3v) is 3.02. The molecule has 0 unspecified atom stereocenters. The summed E-state index contributed by atoms with van der Waals surface area (Å²) in [6, 6.07) is 7.35. The van der Waals surface area contributed by atoms with E-state index in [0.29, 0.717) is 11.4 Å². The molecule has 0 aliphatic carbocycles. The van der Waals surface area contributed by atoms with Gasteiger partial charge in [-0.3, -0.25) is 4.79 Å². The Bertz CT molecular complexity index is 676. The number of benzene rings is 1. The summed E-state index contributed by atoms with van der Waals surface area (Å²) in [4.78, 5) is 25.7. The second-order valence-electron chi connectivity index (χ2n) is 4.61. The number of H-pyrrole nitrogens is 1. The zero-order valence-electron chi connectivity index (χ0n) is 11.8. The number of carbonyl (C=O) groups is 2. The lowest BCUT2D eigenvalue weighted by atomic mass is 10.2. The van der Waals surface area contributed by atoms with Gasteiger partial charge >= 0.3 is 5.97 Å². The quantitative estimate of drug-likeness (QED) is 0.787. The first-order valence-electron chi connectivity index (χ1n) is 6.38. The number of hydrogen-bond donors (Lipinski definition) is 3. The van der Waals surface area contributed by atoms with Crippen LogP contribution < -0.4 is 10.1 Å². The molecule has 0 atom stereocenters. The molecule has 0 fully saturated rings. The summed E-state index contributed by atoms with van der Waals surface area (Å²) < 4.78 is 5.41. The summed E-state index contributed by atoms with van der Waals surface area (Å²) in [5.41, 5.74) is 1.70. The van der Waals surface area contributed by atoms with Gasteiger partial charge in [-0.15, -0.1) is 0 Å². The number of carbonyl (C=O) groups excluding carboxylic acids is 1. The molecule has 1 amide bonds. The molecule has 6 nitrogen and oxygen atoms in total. The summed E-state index contributed by atoms with van der Waals surface area (Å²) in [6.07, 6.45) is 1.45. The number of amides is 1. The average Bonchev–Trinajstić information content (AvgIpc) is 2.79. The van der Waals surface area contributed by atoms with Crippen molar-refractivity contribution in [2.24, 2.45) is 0 Å². The van der Waals surface area contributed by atoms with Crippen molar-refractivity contribution in [3.05, 3.63) is 47.3 Å². The van der Waals surface area contributed by atoms with Crippen molar-refractivity contribution in [3.63, 3.8) is 0 Å². The van der Waals surface area contributed by atoms with Gasteiger partial charge in [0.2, 0.25) is 0 Å². The Morgan fingerprint density at radius 3 is 2.67 bits per heavy atom. The number of aromatic nitrogens is 1. The number of rotatable bonds is 5. The summed E-state index contributed by atoms with van der Waals surface area (Å²) in [7, 11) is 0. The summed E-state index contributed by atoms with van der Waals surface area (Å²) in [5.74, 6) is -0.889. The molecule has 0 saturated heterocycles. The van der Waals surface area contributed by atoms with Crippen molar-refractivity contribution < 1.29 is 19.4 Å². The number of carboxylic acids is 1. The number of anilines is 1. The van der Waals surface area contributed by atoms with Crippen LogP contribution in [0.4, 0.5) is 5.69 Å². The molecule has 1 aromatic heterocycles. The molecule has 1 heterocycles. The molecule has 0 aliphatic heterocycles. The fourth-order valence-electron chi connectivity index (χ4n) is 1.95. The van der Waals surface area contributed by atoms with Crippen molar-refractivity contribution in [2.75, 3.05) is 11.9 Å². The maximum absolute atomic E-state index is 11.8. The summed E-state index contributed by atoms with van der Waals surface area (Å²) in [5, 5.41) is 11.6. The van der Waals surface area contributed by atoms with Crippen molar-refractivity contribution in [1.29, 1.82) is 0 Å². The van der Waals surface area contributed by atoms with Crippen LogP contribution in [0.2, 0.25) is 0 Å². The first-order valence-corrected chi connectivity index (χ1v) is 6.38. The molecule has 21 heavy (non-hydrogen) atoms. The highest BCUT2D eigenvalue weighted by Gasteiger charge is 2.17. The Kier molecular flexibility index (Phi) is 4.27. The van der Waals surface area contributed by atoms with Crippen LogP contribution in [-0.4, -0.2) is 28.6 Å². The molecule has 3 N–H and O–H groups in total. The van der Waals surface area contributed by atoms with E-state index in [-0.39, 0.29) is 17.9 Å². The second kappa shape index (κ2) is 6.13. The number of para-hydroxylation sites is 1. The first-order chi connectivity index (χ1) is 9.99. The van der Waals surface area contributed by atoms with E-state index in [1.165, 1.54) is 6.20 Å². The normalized spacial score (nSPS) is 10.2. The zero-order valence-corrected chi connectivity index (χ0v) is 11.8. The van der Waals surface area contributed by atoms with Crippen LogP contribution >= 0.6 is 0 Å². The molecule has 110 valence electrons. The van der Waals surface area contributed by atoms with Crippen molar-refractivity contribution in [3.8, 4) is 5.75 Å². The van der Waals surface area contributed by atoms with E-state index < -0.39 is 11.9 Å². The number of hydrogen-bond acceptors (Lipinski definition) is 3. The number of aryl methyl sites for hydroxylation is 2. The minimum absolute atomic E-state index is 0.0549. The predicted octanol–water partition coefficient (Wildman–Crippen LogP) is 2.35. The maximum atomic E-state index is 11.8. The van der Waals surface area contributed by atoms with Crippen LogP contribution in [0.1, 0.15) is 21.6 Å². The van der Waals surface area contributed by atoms with Gasteiger partial charge in [-0.2, -0.15) is 0 Å². The maximum Gasteiger partial charge on any atom is 0.339 e. The predicted molar refractivity (Wildman–Crippen MR) is 77.8 cm³/mol. The van der Waals surface area contributed by atoms with Crippen LogP contribution in [0.3, 0.4) is 0 Å². The SMILES string of the molecule is Cc1ccccc1OCC(=O)Nc1c[nH]c(C)c1C(=O)O. The monoisotopic (exact) mass is 288 g/mol. The minimum atomic E-state index is -1.09. The topological polar surface area (TPSA) is 91.4 Å². The first kappa shape index (κ1) is 14.6. The molecule has 2 rings (SSSR count). The van der Waals surface area contributed by atoms with E-state index in [1.54, 1.807) is 13.0 Å². The van der Waals surface area contributed by atoms with Gasteiger partial charge in [0.1, 0.15) is 11.3 Å². The number of aromatic amines is 1. The fourth-order valence-corrected chi connectivity index (χ4v) is 1.95. The molecule has 0 radical (unpaired) electrons. The molecular weight excluding hydrogens is 272 g/mol. The van der Waals surface area contributed by atoms with Crippen molar-refractivity contribution in [2.45, 2.75) is 13.8 Å². The van der Waals surface area contributed by atoms with Crippen molar-refractivity contribution >= 4 is 17.6 Å². The van der Waals surface area contributed by atoms with Crippen LogP contribution in [0.15, 0.2) is 30.5 Å². The van der Waals surface area contributed by atoms with E-state index in [4.69, 9.17) is 9.84 Å². The molecule has 0 spiro atoms. The highest BCUT2D eigenvalue weighted by molar-refractivity contribution is 6.01. The lowest BCUT2D eigenvalue weighted by Gasteiger charge is -2.09. The van der Waals surface area contributed by atoms with Crippen LogP contribution in [-0.2, 0) is 4.79 Å². The zero-order chi connectivity index (χ0) is 15.4. The molecule has 6 heteroatoms. The van der Waals surface area contributed by atoms with E-state index in [1.807, 2.05) is 25.1 Å². The third kappa shape index (κ3) is 3.42. The minimum Gasteiger partial charge on any atom is -0.483 e. The Morgan fingerprint density at radius 1 is 1.29 bits per heavy atom. The smallest absolute Gasteiger partial charge is 0.339 e. The van der Waals surface area contributed by atoms with Gasteiger partial charge in [0.25, 0.3) is 5.91 Å². The average molecular weight is 288 g/mol. The van der Waals surface area contributed by atoms with E-state index in [2.05, 4.69) is 10.3 Å². The van der Waals surface area contributed by atoms with Gasteiger partial charge in [0.15, 0.2) is 6.61 Å². The molecule has 0 aliphatic rings. The summed E-state index contributed by atoms with van der Waals surface area (Å²) >= 11 is 0. The number of ether oxygens (including phenoxy) is 1. The van der Waals surface area contributed by atoms with Gasteiger partial charge in [-0.05, 0) is 25.5 Å². The van der Waals surface area contributed by atoms with Crippen LogP contribution in [0.25, 0.3) is 0 Å². The highest BCUT2D eigenvalue weighted by Crippen LogP contribution is 2.19. The van der Waals surface area contributed by atoms with Gasteiger partial charge in [-0.1, -0.05) is 18.2 Å². The second-order valence-corrected chi connectivity index (χ2v) is 4.61. The molecular formula is C15H16N2O4. The Morgan fingerprint density at radius 2 is 2.00 bits per heavy atom. The lowest BCUT2D eigenvalue weighted by molar-refractivity contribution is -0.118. The number of carboxylic acid groups (broad SMARTS) is 1. The Labute approximate surface area is 121 Å². The number of nitrogens with one attached hydrogen (secondary N) is 2. The lowest BCUT2D eigenvalue weighted by Crippen LogP contribution is -2.21. The Hall–Kier alpha value is -2.76. The molecule has 2 aromatic rings. The standard InChI is InChI=1S/C15H16N2O4/c1-9-5-3-4-6-12(9)21-8-13(18)17-11-7-16-10(2)14(11)15(19)20/h3-7,16H,8H2,1-2H3,(H,17,18)(H,19,20). The number of aromatic carboxylic acids is 1. The van der Waals surface area contributed by atoms with Gasteiger partial charge < -0.3 is 20.1 Å².